The molecule has 0 aliphatic carbocycles. The Morgan fingerprint density at radius 2 is 2.00 bits per heavy atom. The summed E-state index contributed by atoms with van der Waals surface area (Å²) >= 11 is 1.66. The van der Waals surface area contributed by atoms with Crippen molar-refractivity contribution in [3.8, 4) is 0 Å². The van der Waals surface area contributed by atoms with Crippen molar-refractivity contribution in [1.82, 2.24) is 10.6 Å². The fourth-order valence-corrected chi connectivity index (χ4v) is 3.99. The van der Waals surface area contributed by atoms with Crippen molar-refractivity contribution in [3.63, 3.8) is 0 Å². The Morgan fingerprint density at radius 3 is 2.77 bits per heavy atom. The Morgan fingerprint density at radius 1 is 1.19 bits per heavy atom. The van der Waals surface area contributed by atoms with Gasteiger partial charge in [-0.25, -0.2) is 0 Å². The van der Waals surface area contributed by atoms with Crippen LogP contribution in [0.1, 0.15) is 16.5 Å². The van der Waals surface area contributed by atoms with E-state index in [-0.39, 0.29) is 6.04 Å². The van der Waals surface area contributed by atoms with Crippen molar-refractivity contribution in [2.45, 2.75) is 12.5 Å². The van der Waals surface area contributed by atoms with E-state index in [2.05, 4.69) is 39.8 Å². The van der Waals surface area contributed by atoms with E-state index >= 15 is 0 Å². The van der Waals surface area contributed by atoms with Gasteiger partial charge in [-0.05, 0) is 29.5 Å². The van der Waals surface area contributed by atoms with E-state index in [0.29, 0.717) is 19.7 Å². The van der Waals surface area contributed by atoms with E-state index in [9.17, 15) is 9.59 Å². The average molecular weight is 373 g/mol. The summed E-state index contributed by atoms with van der Waals surface area (Å²) in [5.41, 5.74) is 2.52. The maximum absolute atomic E-state index is 12.1. The summed E-state index contributed by atoms with van der Waals surface area (Å²) in [5, 5.41) is 7.35. The molecular weight excluding hydrogens is 350 g/mol. The second-order valence-corrected chi connectivity index (χ2v) is 7.04. The molecular formula is C19H23N3O3S. The normalized spacial score (nSPS) is 14.0. The van der Waals surface area contributed by atoms with Crippen LogP contribution < -0.4 is 15.5 Å². The zero-order valence-electron chi connectivity index (χ0n) is 14.7. The first kappa shape index (κ1) is 18.4. The number of nitrogens with one attached hydrogen (secondary N) is 2. The zero-order chi connectivity index (χ0) is 18.4. The minimum Gasteiger partial charge on any atom is -0.383 e. The molecule has 2 heterocycles. The molecule has 2 N–H and O–H groups in total. The van der Waals surface area contributed by atoms with Crippen LogP contribution in [0.5, 0.6) is 0 Å². The molecule has 3 rings (SSSR count). The number of anilines is 1. The monoisotopic (exact) mass is 373 g/mol. The number of carbonyl (C=O) groups is 2. The molecule has 2 amide bonds. The highest BCUT2D eigenvalue weighted by Gasteiger charge is 2.28. The van der Waals surface area contributed by atoms with Crippen LogP contribution in [0, 0.1) is 0 Å². The van der Waals surface area contributed by atoms with Crippen molar-refractivity contribution < 1.29 is 14.3 Å². The van der Waals surface area contributed by atoms with E-state index in [1.165, 1.54) is 16.1 Å². The van der Waals surface area contributed by atoms with Crippen LogP contribution in [-0.2, 0) is 20.7 Å². The van der Waals surface area contributed by atoms with Crippen LogP contribution in [0.2, 0.25) is 0 Å². The van der Waals surface area contributed by atoms with Gasteiger partial charge in [0, 0.05) is 37.3 Å². The van der Waals surface area contributed by atoms with Crippen LogP contribution in [-0.4, -0.2) is 45.2 Å². The smallest absolute Gasteiger partial charge is 0.309 e. The third-order valence-electron chi connectivity index (χ3n) is 4.42. The molecule has 0 saturated heterocycles. The van der Waals surface area contributed by atoms with Crippen LogP contribution in [0.25, 0.3) is 0 Å². The number of methoxy groups -OCH3 is 1. The number of hydrogen-bond acceptors (Lipinski definition) is 5. The maximum atomic E-state index is 12.1. The molecule has 1 aliphatic heterocycles. The number of thiophene rings is 1. The molecule has 1 aliphatic rings. The SMILES string of the molecule is COCCNC(=O)C(=O)NCC(c1cccs1)N1CCc2ccccc21. The van der Waals surface area contributed by atoms with Crippen LogP contribution in [0.4, 0.5) is 5.69 Å². The second-order valence-electron chi connectivity index (χ2n) is 6.06. The minimum atomic E-state index is -0.631. The number of amides is 2. The number of nitrogens with zero attached hydrogens (tertiary/aromatic N) is 1. The largest absolute Gasteiger partial charge is 0.383 e. The third kappa shape index (κ3) is 4.23. The maximum Gasteiger partial charge on any atom is 0.309 e. The van der Waals surface area contributed by atoms with Gasteiger partial charge in [0.15, 0.2) is 0 Å². The zero-order valence-corrected chi connectivity index (χ0v) is 15.6. The van der Waals surface area contributed by atoms with Gasteiger partial charge < -0.3 is 20.3 Å². The van der Waals surface area contributed by atoms with Gasteiger partial charge in [-0.1, -0.05) is 24.3 Å². The Kier molecular flexibility index (Phi) is 6.25. The summed E-state index contributed by atoms with van der Waals surface area (Å²) in [6.45, 7) is 1.97. The molecule has 0 radical (unpaired) electrons. The number of rotatable bonds is 7. The second kappa shape index (κ2) is 8.82. The lowest BCUT2D eigenvalue weighted by Crippen LogP contribution is -2.44. The lowest BCUT2D eigenvalue weighted by Gasteiger charge is -2.30. The summed E-state index contributed by atoms with van der Waals surface area (Å²) in [4.78, 5) is 27.4. The molecule has 7 heteroatoms. The molecule has 0 spiro atoms. The highest BCUT2D eigenvalue weighted by atomic mass is 32.1. The molecule has 6 nitrogen and oxygen atoms in total. The van der Waals surface area contributed by atoms with Gasteiger partial charge in [0.05, 0.1) is 12.6 Å². The molecule has 1 atom stereocenters. The number of carbonyl (C=O) groups excluding carboxylic acids is 2. The van der Waals surface area contributed by atoms with Gasteiger partial charge >= 0.3 is 11.8 Å². The van der Waals surface area contributed by atoms with E-state index in [4.69, 9.17) is 4.74 Å². The van der Waals surface area contributed by atoms with Crippen molar-refractivity contribution in [3.05, 3.63) is 52.2 Å². The molecule has 0 fully saturated rings. The lowest BCUT2D eigenvalue weighted by atomic mass is 10.1. The summed E-state index contributed by atoms with van der Waals surface area (Å²) in [6, 6.07) is 12.4. The van der Waals surface area contributed by atoms with E-state index < -0.39 is 11.8 Å². The first-order chi connectivity index (χ1) is 12.7. The van der Waals surface area contributed by atoms with E-state index in [1.807, 2.05) is 17.5 Å². The summed E-state index contributed by atoms with van der Waals surface area (Å²) in [5.74, 6) is -1.25. The highest BCUT2D eigenvalue weighted by Crippen LogP contribution is 2.36. The molecule has 2 aromatic rings. The molecule has 26 heavy (non-hydrogen) atoms. The summed E-state index contributed by atoms with van der Waals surface area (Å²) in [7, 11) is 1.55. The number of ether oxygens (including phenoxy) is 1. The fraction of sp³-hybridized carbons (Fsp3) is 0.368. The van der Waals surface area contributed by atoms with Crippen LogP contribution in [0.3, 0.4) is 0 Å². The lowest BCUT2D eigenvalue weighted by molar-refractivity contribution is -0.139. The van der Waals surface area contributed by atoms with Gasteiger partial charge in [0.25, 0.3) is 0 Å². The van der Waals surface area contributed by atoms with Gasteiger partial charge in [0.2, 0.25) is 0 Å². The van der Waals surface area contributed by atoms with Crippen molar-refractivity contribution in [2.75, 3.05) is 38.3 Å². The van der Waals surface area contributed by atoms with Crippen LogP contribution in [0.15, 0.2) is 41.8 Å². The van der Waals surface area contributed by atoms with Crippen molar-refractivity contribution in [2.24, 2.45) is 0 Å². The molecule has 1 unspecified atom stereocenters. The van der Waals surface area contributed by atoms with Gasteiger partial charge in [0.1, 0.15) is 0 Å². The van der Waals surface area contributed by atoms with Crippen LogP contribution >= 0.6 is 11.3 Å². The number of benzene rings is 1. The standard InChI is InChI=1S/C19H23N3O3S/c1-25-11-9-20-18(23)19(24)21-13-16(17-7-4-12-26-17)22-10-8-14-5-2-3-6-15(14)22/h2-7,12,16H,8-11,13H2,1H3,(H,20,23)(H,21,24). The summed E-state index contributed by atoms with van der Waals surface area (Å²) in [6.07, 6.45) is 0.990. The fourth-order valence-electron chi connectivity index (χ4n) is 3.15. The number of hydrogen-bond donors (Lipinski definition) is 2. The predicted octanol–water partition coefficient (Wildman–Crippen LogP) is 1.73. The number of para-hydroxylation sites is 1. The minimum absolute atomic E-state index is 0.00868. The highest BCUT2D eigenvalue weighted by molar-refractivity contribution is 7.10. The Bertz CT molecular complexity index is 748. The van der Waals surface area contributed by atoms with Gasteiger partial charge in [-0.3, -0.25) is 9.59 Å². The predicted molar refractivity (Wildman–Crippen MR) is 102 cm³/mol. The third-order valence-corrected chi connectivity index (χ3v) is 5.40. The molecule has 1 aromatic carbocycles. The quantitative estimate of drug-likeness (QED) is 0.573. The summed E-state index contributed by atoms with van der Waals surface area (Å²) < 4.78 is 4.87. The van der Waals surface area contributed by atoms with Crippen molar-refractivity contribution in [1.29, 1.82) is 0 Å². The Hall–Kier alpha value is -2.38. The topological polar surface area (TPSA) is 70.7 Å². The Balaban J connectivity index is 1.67. The van der Waals surface area contributed by atoms with Gasteiger partial charge in [-0.15, -0.1) is 11.3 Å². The van der Waals surface area contributed by atoms with E-state index in [0.717, 1.165) is 13.0 Å². The average Bonchev–Trinajstić information content (AvgIpc) is 3.32. The molecule has 138 valence electrons. The first-order valence-electron chi connectivity index (χ1n) is 8.63. The Labute approximate surface area is 157 Å². The molecule has 0 bridgehead atoms. The molecule has 1 aromatic heterocycles. The van der Waals surface area contributed by atoms with Gasteiger partial charge in [-0.2, -0.15) is 0 Å². The number of fused-ring (bicyclic) bond motifs is 1. The molecule has 0 saturated carbocycles. The van der Waals surface area contributed by atoms with E-state index in [1.54, 1.807) is 18.4 Å². The van der Waals surface area contributed by atoms with Crippen molar-refractivity contribution >= 4 is 28.8 Å². The first-order valence-corrected chi connectivity index (χ1v) is 9.51.